The smallest absolute Gasteiger partial charge is 0.312 e. The number of nitrogens with two attached hydrogens (primary N) is 1. The van der Waals surface area contributed by atoms with Crippen molar-refractivity contribution in [1.29, 1.82) is 0 Å². The molecule has 20 heavy (non-hydrogen) atoms. The summed E-state index contributed by atoms with van der Waals surface area (Å²) in [4.78, 5) is 26.7. The number of anilines is 1. The molecule has 0 bridgehead atoms. The fourth-order valence-corrected chi connectivity index (χ4v) is 2.11. The zero-order valence-electron chi connectivity index (χ0n) is 11.5. The summed E-state index contributed by atoms with van der Waals surface area (Å²) in [5, 5.41) is 0. The maximum atomic E-state index is 11.9. The molecule has 1 aromatic carbocycles. The summed E-state index contributed by atoms with van der Waals surface area (Å²) < 4.78 is 5.53. The number of rotatable bonds is 5. The molecular weight excluding hydrogens is 258 g/mol. The molecule has 1 fully saturated rings. The molecule has 0 spiro atoms. The van der Waals surface area contributed by atoms with E-state index in [1.807, 2.05) is 6.92 Å². The lowest BCUT2D eigenvalue weighted by Gasteiger charge is -2.32. The number of ether oxygens (including phenoxy) is 1. The number of likely N-dealkylation sites (N-methyl/N-ethyl adjacent to an activating group) is 1. The van der Waals surface area contributed by atoms with E-state index in [1.165, 1.54) is 4.90 Å². The molecule has 1 aliphatic heterocycles. The highest BCUT2D eigenvalue weighted by Crippen LogP contribution is 2.14. The minimum absolute atomic E-state index is 0.342. The van der Waals surface area contributed by atoms with Crippen LogP contribution in [0.2, 0.25) is 0 Å². The van der Waals surface area contributed by atoms with Crippen LogP contribution in [0, 0.1) is 0 Å². The van der Waals surface area contributed by atoms with Crippen molar-refractivity contribution in [2.75, 3.05) is 38.5 Å². The number of benzene rings is 1. The number of carbonyl (C=O) groups is 2. The van der Waals surface area contributed by atoms with Gasteiger partial charge in [0, 0.05) is 31.4 Å². The molecule has 1 aliphatic rings. The van der Waals surface area contributed by atoms with Crippen LogP contribution in [0.1, 0.15) is 6.92 Å². The van der Waals surface area contributed by atoms with Gasteiger partial charge in [-0.15, -0.1) is 0 Å². The minimum atomic E-state index is -0.450. The first-order chi connectivity index (χ1) is 9.61. The Morgan fingerprint density at radius 3 is 2.60 bits per heavy atom. The van der Waals surface area contributed by atoms with Gasteiger partial charge in [-0.05, 0) is 19.1 Å². The van der Waals surface area contributed by atoms with Crippen LogP contribution in [0.5, 0.6) is 5.75 Å². The maximum Gasteiger partial charge on any atom is 0.312 e. The van der Waals surface area contributed by atoms with E-state index in [2.05, 4.69) is 0 Å². The van der Waals surface area contributed by atoms with Crippen LogP contribution >= 0.6 is 0 Å². The lowest BCUT2D eigenvalue weighted by atomic mass is 10.3. The van der Waals surface area contributed by atoms with Gasteiger partial charge in [-0.3, -0.25) is 9.59 Å². The number of carbonyl (C=O) groups excluding carboxylic acids is 2. The molecule has 6 nitrogen and oxygen atoms in total. The molecule has 6 heteroatoms. The second-order valence-electron chi connectivity index (χ2n) is 4.60. The standard InChI is InChI=1S/C14H19N3O3/c1-2-16-6-7-17(14(19)13(16)18)8-9-20-12-5-3-4-11(15)10-12/h3-5,10H,2,6-9,15H2,1H3. The third kappa shape index (κ3) is 3.20. The van der Waals surface area contributed by atoms with E-state index in [0.717, 1.165) is 0 Å². The van der Waals surface area contributed by atoms with Crippen molar-refractivity contribution in [3.05, 3.63) is 24.3 Å². The van der Waals surface area contributed by atoms with Crippen LogP contribution in [0.3, 0.4) is 0 Å². The van der Waals surface area contributed by atoms with Crippen molar-refractivity contribution in [1.82, 2.24) is 9.80 Å². The van der Waals surface area contributed by atoms with Crippen molar-refractivity contribution < 1.29 is 14.3 Å². The molecular formula is C14H19N3O3. The van der Waals surface area contributed by atoms with E-state index in [-0.39, 0.29) is 0 Å². The summed E-state index contributed by atoms with van der Waals surface area (Å²) >= 11 is 0. The van der Waals surface area contributed by atoms with E-state index < -0.39 is 11.8 Å². The van der Waals surface area contributed by atoms with Gasteiger partial charge < -0.3 is 20.3 Å². The predicted octanol–water partition coefficient (Wildman–Crippen LogP) is 0.338. The SMILES string of the molecule is CCN1CCN(CCOc2cccc(N)c2)C(=O)C1=O. The fourth-order valence-electron chi connectivity index (χ4n) is 2.11. The summed E-state index contributed by atoms with van der Waals surface area (Å²) in [5.41, 5.74) is 6.28. The Labute approximate surface area is 118 Å². The Balaban J connectivity index is 1.83. The zero-order chi connectivity index (χ0) is 14.5. The topological polar surface area (TPSA) is 75.9 Å². The molecule has 0 unspecified atom stereocenters. The van der Waals surface area contributed by atoms with E-state index in [4.69, 9.17) is 10.5 Å². The van der Waals surface area contributed by atoms with E-state index >= 15 is 0 Å². The number of hydrogen-bond acceptors (Lipinski definition) is 4. The van der Waals surface area contributed by atoms with E-state index in [1.54, 1.807) is 29.2 Å². The van der Waals surface area contributed by atoms with Gasteiger partial charge >= 0.3 is 11.8 Å². The van der Waals surface area contributed by atoms with E-state index in [9.17, 15) is 9.59 Å². The number of hydrogen-bond donors (Lipinski definition) is 1. The van der Waals surface area contributed by atoms with Gasteiger partial charge in [0.2, 0.25) is 0 Å². The quantitative estimate of drug-likeness (QED) is 0.622. The van der Waals surface area contributed by atoms with Crippen LogP contribution in [-0.4, -0.2) is 54.4 Å². The summed E-state index contributed by atoms with van der Waals surface area (Å²) in [6.45, 7) is 4.31. The molecule has 108 valence electrons. The molecule has 0 aromatic heterocycles. The molecule has 2 rings (SSSR count). The molecule has 1 heterocycles. The Hall–Kier alpha value is -2.24. The average molecular weight is 277 g/mol. The van der Waals surface area contributed by atoms with Crippen LogP contribution in [0.15, 0.2) is 24.3 Å². The lowest BCUT2D eigenvalue weighted by molar-refractivity contribution is -0.156. The van der Waals surface area contributed by atoms with E-state index in [0.29, 0.717) is 44.2 Å². The summed E-state index contributed by atoms with van der Waals surface area (Å²) in [6, 6.07) is 7.11. The predicted molar refractivity (Wildman–Crippen MR) is 75.2 cm³/mol. The van der Waals surface area contributed by atoms with Gasteiger partial charge in [0.1, 0.15) is 12.4 Å². The highest BCUT2D eigenvalue weighted by molar-refractivity contribution is 6.35. The van der Waals surface area contributed by atoms with Crippen LogP contribution in [0.4, 0.5) is 5.69 Å². The van der Waals surface area contributed by atoms with Crippen molar-refractivity contribution in [2.45, 2.75) is 6.92 Å². The Bertz CT molecular complexity index is 504. The molecule has 1 aromatic rings. The zero-order valence-corrected chi connectivity index (χ0v) is 11.5. The first-order valence-electron chi connectivity index (χ1n) is 6.68. The highest BCUT2D eigenvalue weighted by Gasteiger charge is 2.31. The number of nitrogens with zero attached hydrogens (tertiary/aromatic N) is 2. The second-order valence-corrected chi connectivity index (χ2v) is 4.60. The van der Waals surface area contributed by atoms with Gasteiger partial charge in [-0.25, -0.2) is 0 Å². The number of amides is 2. The van der Waals surface area contributed by atoms with Crippen molar-refractivity contribution in [3.63, 3.8) is 0 Å². The number of nitrogen functional groups attached to an aromatic ring is 1. The third-order valence-corrected chi connectivity index (χ3v) is 3.27. The van der Waals surface area contributed by atoms with Crippen molar-refractivity contribution in [2.24, 2.45) is 0 Å². The number of piperazine rings is 1. The van der Waals surface area contributed by atoms with Crippen molar-refractivity contribution >= 4 is 17.5 Å². The summed E-state index contributed by atoms with van der Waals surface area (Å²) in [7, 11) is 0. The van der Waals surface area contributed by atoms with Crippen LogP contribution in [-0.2, 0) is 9.59 Å². The Kier molecular flexibility index (Phi) is 4.45. The first-order valence-corrected chi connectivity index (χ1v) is 6.68. The maximum absolute atomic E-state index is 11.9. The second kappa shape index (κ2) is 6.27. The normalized spacial score (nSPS) is 15.7. The van der Waals surface area contributed by atoms with Gasteiger partial charge in [-0.1, -0.05) is 6.07 Å². The molecule has 0 saturated carbocycles. The Morgan fingerprint density at radius 1 is 1.20 bits per heavy atom. The molecule has 2 amide bonds. The van der Waals surface area contributed by atoms with Gasteiger partial charge in [0.05, 0.1) is 6.54 Å². The minimum Gasteiger partial charge on any atom is -0.492 e. The van der Waals surface area contributed by atoms with Crippen LogP contribution < -0.4 is 10.5 Å². The third-order valence-electron chi connectivity index (χ3n) is 3.27. The lowest BCUT2D eigenvalue weighted by Crippen LogP contribution is -2.54. The van der Waals surface area contributed by atoms with Gasteiger partial charge in [-0.2, -0.15) is 0 Å². The largest absolute Gasteiger partial charge is 0.492 e. The monoisotopic (exact) mass is 277 g/mol. The molecule has 0 atom stereocenters. The fraction of sp³-hybridized carbons (Fsp3) is 0.429. The molecule has 0 aliphatic carbocycles. The summed E-state index contributed by atoms with van der Waals surface area (Å²) in [6.07, 6.45) is 0. The first kappa shape index (κ1) is 14.2. The van der Waals surface area contributed by atoms with Gasteiger partial charge in [0.15, 0.2) is 0 Å². The molecule has 0 radical (unpaired) electrons. The molecule has 2 N–H and O–H groups in total. The highest BCUT2D eigenvalue weighted by atomic mass is 16.5. The summed E-state index contributed by atoms with van der Waals surface area (Å²) in [5.74, 6) is -0.215. The Morgan fingerprint density at radius 2 is 1.90 bits per heavy atom. The van der Waals surface area contributed by atoms with Crippen molar-refractivity contribution in [3.8, 4) is 5.75 Å². The van der Waals surface area contributed by atoms with Gasteiger partial charge in [0.25, 0.3) is 0 Å². The average Bonchev–Trinajstić information content (AvgIpc) is 2.44. The molecule has 1 saturated heterocycles. The van der Waals surface area contributed by atoms with Crippen LogP contribution in [0.25, 0.3) is 0 Å².